The number of rotatable bonds is 9. The first-order valence-corrected chi connectivity index (χ1v) is 11.0. The van der Waals surface area contributed by atoms with Gasteiger partial charge in [-0.2, -0.15) is 0 Å². The van der Waals surface area contributed by atoms with E-state index >= 15 is 0 Å². The quantitative estimate of drug-likeness (QED) is 0.382. The summed E-state index contributed by atoms with van der Waals surface area (Å²) in [6, 6.07) is 15.5. The first-order chi connectivity index (χ1) is 16.9. The molecule has 1 heterocycles. The molecule has 0 aliphatic rings. The van der Waals surface area contributed by atoms with E-state index in [4.69, 9.17) is 4.74 Å². The highest BCUT2D eigenvalue weighted by atomic mass is 19.1. The summed E-state index contributed by atoms with van der Waals surface area (Å²) < 4.78 is 33.4. The van der Waals surface area contributed by atoms with Gasteiger partial charge in [0.05, 0.1) is 22.9 Å². The van der Waals surface area contributed by atoms with Crippen LogP contribution in [0, 0.1) is 11.6 Å². The molecule has 0 fully saturated rings. The second-order valence-electron chi connectivity index (χ2n) is 8.01. The Kier molecular flexibility index (Phi) is 7.47. The number of nitrogens with zero attached hydrogens (tertiary/aromatic N) is 2. The van der Waals surface area contributed by atoms with Crippen LogP contribution in [0.5, 0.6) is 0 Å². The van der Waals surface area contributed by atoms with Crippen LogP contribution in [-0.2, 0) is 22.5 Å². The van der Waals surface area contributed by atoms with Gasteiger partial charge in [-0.1, -0.05) is 24.3 Å². The smallest absolute Gasteiger partial charge is 0.253 e. The minimum Gasteiger partial charge on any atom is -0.375 e. The number of carbonyl (C=O) groups excluding carboxylic acids is 2. The van der Waals surface area contributed by atoms with Gasteiger partial charge in [-0.15, -0.1) is 0 Å². The number of fused-ring (bicyclic) bond motifs is 1. The monoisotopic (exact) mass is 478 g/mol. The molecule has 7 nitrogen and oxygen atoms in total. The van der Waals surface area contributed by atoms with Crippen molar-refractivity contribution >= 4 is 28.5 Å². The minimum absolute atomic E-state index is 0.133. The van der Waals surface area contributed by atoms with E-state index in [1.165, 1.54) is 31.4 Å². The van der Waals surface area contributed by atoms with E-state index in [0.29, 0.717) is 35.2 Å². The van der Waals surface area contributed by atoms with Crippen LogP contribution < -0.4 is 10.6 Å². The van der Waals surface area contributed by atoms with Crippen molar-refractivity contribution in [2.75, 3.05) is 25.6 Å². The van der Waals surface area contributed by atoms with Crippen molar-refractivity contribution in [3.8, 4) is 0 Å². The number of carbonyl (C=O) groups is 2. The Bertz CT molecular complexity index is 1350. The molecule has 0 bridgehead atoms. The predicted molar refractivity (Wildman–Crippen MR) is 128 cm³/mol. The summed E-state index contributed by atoms with van der Waals surface area (Å²) in [5, 5.41) is 5.57. The maximum Gasteiger partial charge on any atom is 0.253 e. The highest BCUT2D eigenvalue weighted by Gasteiger charge is 2.18. The molecule has 0 saturated carbocycles. The molecule has 2 N–H and O–H groups in total. The molecule has 1 aromatic heterocycles. The Hall–Kier alpha value is -4.11. The van der Waals surface area contributed by atoms with Crippen molar-refractivity contribution in [3.63, 3.8) is 0 Å². The normalized spacial score (nSPS) is 10.9. The van der Waals surface area contributed by atoms with Crippen LogP contribution in [0.15, 0.2) is 67.0 Å². The van der Waals surface area contributed by atoms with Gasteiger partial charge >= 0.3 is 0 Å². The molecule has 0 atom stereocenters. The molecule has 4 aromatic rings. The van der Waals surface area contributed by atoms with Crippen LogP contribution in [0.1, 0.15) is 21.5 Å². The highest BCUT2D eigenvalue weighted by molar-refractivity contribution is 6.07. The van der Waals surface area contributed by atoms with Gasteiger partial charge in [0.2, 0.25) is 5.91 Å². The molecule has 0 saturated heterocycles. The average molecular weight is 478 g/mol. The van der Waals surface area contributed by atoms with Crippen LogP contribution >= 0.6 is 0 Å². The summed E-state index contributed by atoms with van der Waals surface area (Å²) in [6.07, 6.45) is 2.05. The summed E-state index contributed by atoms with van der Waals surface area (Å²) in [5.41, 5.74) is 3.40. The predicted octanol–water partition coefficient (Wildman–Crippen LogP) is 3.92. The number of hydrogen-bond donors (Lipinski definition) is 2. The fourth-order valence-electron chi connectivity index (χ4n) is 3.80. The molecule has 0 aliphatic heterocycles. The topological polar surface area (TPSA) is 85.2 Å². The standard InChI is InChI=1S/C26H24F2N4O3/c1-35-15-24(33)31-21-12-22(26(34)29-10-9-17-3-2-4-20(28)11-17)25-23(13-21)30-16-32(25)14-18-5-7-19(27)8-6-18/h2-8,11-13,16H,9-10,14-15H2,1H3,(H,29,34)(H,31,33). The first kappa shape index (κ1) is 24.0. The van der Waals surface area contributed by atoms with E-state index in [1.54, 1.807) is 47.3 Å². The Labute approximate surface area is 200 Å². The van der Waals surface area contributed by atoms with Gasteiger partial charge in [0, 0.05) is 25.9 Å². The Morgan fingerprint density at radius 1 is 1.00 bits per heavy atom. The zero-order chi connectivity index (χ0) is 24.8. The summed E-state index contributed by atoms with van der Waals surface area (Å²) in [5.74, 6) is -1.40. The van der Waals surface area contributed by atoms with Gasteiger partial charge in [-0.25, -0.2) is 13.8 Å². The van der Waals surface area contributed by atoms with Crippen molar-refractivity contribution in [3.05, 3.63) is 95.3 Å². The summed E-state index contributed by atoms with van der Waals surface area (Å²) >= 11 is 0. The lowest BCUT2D eigenvalue weighted by Crippen LogP contribution is -2.26. The van der Waals surface area contributed by atoms with E-state index < -0.39 is 0 Å². The van der Waals surface area contributed by atoms with Crippen molar-refractivity contribution < 1.29 is 23.1 Å². The largest absolute Gasteiger partial charge is 0.375 e. The number of amides is 2. The van der Waals surface area contributed by atoms with Gasteiger partial charge in [-0.3, -0.25) is 9.59 Å². The van der Waals surface area contributed by atoms with Crippen molar-refractivity contribution in [2.24, 2.45) is 0 Å². The Morgan fingerprint density at radius 3 is 2.54 bits per heavy atom. The second kappa shape index (κ2) is 10.9. The maximum absolute atomic E-state index is 13.4. The van der Waals surface area contributed by atoms with Crippen LogP contribution in [0.2, 0.25) is 0 Å². The molecule has 4 rings (SSSR count). The van der Waals surface area contributed by atoms with Crippen LogP contribution in [-0.4, -0.2) is 41.6 Å². The second-order valence-corrected chi connectivity index (χ2v) is 8.01. The molecular formula is C26H24F2N4O3. The lowest BCUT2D eigenvalue weighted by Gasteiger charge is -2.13. The van der Waals surface area contributed by atoms with E-state index in [0.717, 1.165) is 11.1 Å². The van der Waals surface area contributed by atoms with Crippen molar-refractivity contribution in [2.45, 2.75) is 13.0 Å². The minimum atomic E-state index is -0.366. The molecule has 0 radical (unpaired) electrons. The van der Waals surface area contributed by atoms with Crippen LogP contribution in [0.25, 0.3) is 11.0 Å². The van der Waals surface area contributed by atoms with Crippen molar-refractivity contribution in [1.29, 1.82) is 0 Å². The third-order valence-electron chi connectivity index (χ3n) is 5.37. The molecule has 2 amide bonds. The molecule has 180 valence electrons. The van der Waals surface area contributed by atoms with E-state index in [1.807, 2.05) is 0 Å². The van der Waals surface area contributed by atoms with Gasteiger partial charge in [-0.05, 0) is 53.9 Å². The molecule has 0 aliphatic carbocycles. The number of hydrogen-bond acceptors (Lipinski definition) is 4. The fraction of sp³-hybridized carbons (Fsp3) is 0.192. The third kappa shape index (κ3) is 6.07. The van der Waals surface area contributed by atoms with E-state index in [9.17, 15) is 18.4 Å². The molecule has 0 spiro atoms. The zero-order valence-electron chi connectivity index (χ0n) is 19.1. The molecule has 0 unspecified atom stereocenters. The fourth-order valence-corrected chi connectivity index (χ4v) is 3.80. The highest BCUT2D eigenvalue weighted by Crippen LogP contribution is 2.25. The van der Waals surface area contributed by atoms with Gasteiger partial charge in [0.1, 0.15) is 18.2 Å². The van der Waals surface area contributed by atoms with Crippen LogP contribution in [0.3, 0.4) is 0 Å². The lowest BCUT2D eigenvalue weighted by molar-refractivity contribution is -0.119. The Balaban J connectivity index is 1.62. The molecule has 9 heteroatoms. The third-order valence-corrected chi connectivity index (χ3v) is 5.37. The Morgan fingerprint density at radius 2 is 1.80 bits per heavy atom. The number of anilines is 1. The SMILES string of the molecule is COCC(=O)Nc1cc(C(=O)NCCc2cccc(F)c2)c2c(c1)ncn2Cc1ccc(F)cc1. The number of halogens is 2. The number of methoxy groups -OCH3 is 1. The van der Waals surface area contributed by atoms with Gasteiger partial charge in [0.15, 0.2) is 0 Å². The van der Waals surface area contributed by atoms with Gasteiger partial charge < -0.3 is 19.9 Å². The van der Waals surface area contributed by atoms with E-state index in [-0.39, 0.29) is 36.6 Å². The number of benzene rings is 3. The molecule has 35 heavy (non-hydrogen) atoms. The average Bonchev–Trinajstić information content (AvgIpc) is 3.22. The van der Waals surface area contributed by atoms with Gasteiger partial charge in [0.25, 0.3) is 5.91 Å². The number of imidazole rings is 1. The maximum atomic E-state index is 13.4. The van der Waals surface area contributed by atoms with Crippen LogP contribution in [0.4, 0.5) is 14.5 Å². The summed E-state index contributed by atoms with van der Waals surface area (Å²) in [7, 11) is 1.41. The number of ether oxygens (including phenoxy) is 1. The zero-order valence-corrected chi connectivity index (χ0v) is 19.1. The van der Waals surface area contributed by atoms with Crippen molar-refractivity contribution in [1.82, 2.24) is 14.9 Å². The first-order valence-electron chi connectivity index (χ1n) is 11.0. The van der Waals surface area contributed by atoms with E-state index in [2.05, 4.69) is 15.6 Å². The molecule has 3 aromatic carbocycles. The molecular weight excluding hydrogens is 454 g/mol. The number of aromatic nitrogens is 2. The lowest BCUT2D eigenvalue weighted by atomic mass is 10.1. The summed E-state index contributed by atoms with van der Waals surface area (Å²) in [6.45, 7) is 0.526. The summed E-state index contributed by atoms with van der Waals surface area (Å²) in [4.78, 5) is 29.7. The number of nitrogens with one attached hydrogen (secondary N) is 2.